The first-order valence-corrected chi connectivity index (χ1v) is 6.86. The van der Waals surface area contributed by atoms with Gasteiger partial charge in [-0.1, -0.05) is 6.07 Å². The maximum absolute atomic E-state index is 11.4. The summed E-state index contributed by atoms with van der Waals surface area (Å²) in [6, 6.07) is 15.0. The van der Waals surface area contributed by atoms with Crippen molar-refractivity contribution in [2.45, 2.75) is 6.92 Å². The number of benzene rings is 2. The van der Waals surface area contributed by atoms with Crippen LogP contribution in [-0.2, 0) is 0 Å². The number of rotatable bonds is 3. The Morgan fingerprint density at radius 3 is 2.60 bits per heavy atom. The topological polar surface area (TPSA) is 44.1 Å². The molecule has 0 aliphatic heterocycles. The van der Waals surface area contributed by atoms with Crippen LogP contribution < -0.4 is 4.90 Å². The van der Waals surface area contributed by atoms with Crippen molar-refractivity contribution in [3.63, 3.8) is 0 Å². The molecule has 0 spiro atoms. The van der Waals surface area contributed by atoms with Gasteiger partial charge in [0.05, 0.1) is 17.3 Å². The lowest BCUT2D eigenvalue weighted by Crippen LogP contribution is -2.10. The Bertz CT molecular complexity index is 704. The molecule has 0 unspecified atom stereocenters. The summed E-state index contributed by atoms with van der Waals surface area (Å²) in [5.74, 6) is 0.0337. The highest BCUT2D eigenvalue weighted by Gasteiger charge is 2.10. The lowest BCUT2D eigenvalue weighted by Gasteiger charge is -2.21. The fourth-order valence-corrected chi connectivity index (χ4v) is 2.57. The third kappa shape index (κ3) is 2.89. The second-order valence-corrected chi connectivity index (χ2v) is 5.30. The number of ketones is 1. The summed E-state index contributed by atoms with van der Waals surface area (Å²) in [6.07, 6.45) is 0. The summed E-state index contributed by atoms with van der Waals surface area (Å²) in [7, 11) is 1.92. The van der Waals surface area contributed by atoms with E-state index in [-0.39, 0.29) is 5.78 Å². The van der Waals surface area contributed by atoms with Gasteiger partial charge in [-0.25, -0.2) is 0 Å². The van der Waals surface area contributed by atoms with E-state index in [0.717, 1.165) is 15.8 Å². The molecule has 2 aromatic rings. The van der Waals surface area contributed by atoms with Crippen LogP contribution in [-0.4, -0.2) is 12.8 Å². The number of halogens is 1. The zero-order valence-corrected chi connectivity index (χ0v) is 12.8. The van der Waals surface area contributed by atoms with E-state index in [4.69, 9.17) is 5.26 Å². The molecule has 0 aromatic heterocycles. The number of anilines is 2. The second kappa shape index (κ2) is 5.89. The normalized spacial score (nSPS) is 9.90. The van der Waals surface area contributed by atoms with Crippen LogP contribution >= 0.6 is 15.9 Å². The summed E-state index contributed by atoms with van der Waals surface area (Å²) in [5, 5.41) is 8.95. The Morgan fingerprint density at radius 1 is 1.25 bits per heavy atom. The van der Waals surface area contributed by atoms with E-state index in [1.54, 1.807) is 19.1 Å². The molecule has 2 aromatic carbocycles. The molecule has 20 heavy (non-hydrogen) atoms. The number of carbonyl (C=O) groups excluding carboxylic acids is 1. The highest BCUT2D eigenvalue weighted by atomic mass is 79.9. The summed E-state index contributed by atoms with van der Waals surface area (Å²) in [6.45, 7) is 1.54. The van der Waals surface area contributed by atoms with Crippen LogP contribution in [0.15, 0.2) is 46.9 Å². The molecule has 0 fully saturated rings. The predicted octanol–water partition coefficient (Wildman–Crippen LogP) is 4.29. The van der Waals surface area contributed by atoms with E-state index in [1.807, 2.05) is 42.3 Å². The van der Waals surface area contributed by atoms with Gasteiger partial charge in [0.25, 0.3) is 0 Å². The SMILES string of the molecule is CC(=O)c1ccc(N(C)c2cccc(C#N)c2)c(Br)c1. The van der Waals surface area contributed by atoms with Gasteiger partial charge < -0.3 is 4.90 Å². The molecule has 0 N–H and O–H groups in total. The molecule has 0 radical (unpaired) electrons. The molecule has 0 bridgehead atoms. The fourth-order valence-electron chi connectivity index (χ4n) is 1.92. The molecule has 0 aliphatic rings. The number of hydrogen-bond acceptors (Lipinski definition) is 3. The molecule has 100 valence electrons. The molecule has 0 aliphatic carbocycles. The molecule has 0 saturated carbocycles. The monoisotopic (exact) mass is 328 g/mol. The van der Waals surface area contributed by atoms with Crippen molar-refractivity contribution in [3.8, 4) is 6.07 Å². The maximum atomic E-state index is 11.4. The average Bonchev–Trinajstić information content (AvgIpc) is 2.46. The van der Waals surface area contributed by atoms with Crippen LogP contribution in [0.25, 0.3) is 0 Å². The highest BCUT2D eigenvalue weighted by molar-refractivity contribution is 9.10. The number of hydrogen-bond donors (Lipinski definition) is 0. The first-order chi connectivity index (χ1) is 9.52. The smallest absolute Gasteiger partial charge is 0.159 e. The number of nitrogens with zero attached hydrogens (tertiary/aromatic N) is 2. The van der Waals surface area contributed by atoms with E-state index in [2.05, 4.69) is 22.0 Å². The van der Waals surface area contributed by atoms with Crippen molar-refractivity contribution in [1.82, 2.24) is 0 Å². The minimum absolute atomic E-state index is 0.0337. The summed E-state index contributed by atoms with van der Waals surface area (Å²) < 4.78 is 0.843. The van der Waals surface area contributed by atoms with Crippen molar-refractivity contribution in [2.24, 2.45) is 0 Å². The number of carbonyl (C=O) groups is 1. The molecular weight excluding hydrogens is 316 g/mol. The first kappa shape index (κ1) is 14.3. The third-order valence-corrected chi connectivity index (χ3v) is 3.71. The van der Waals surface area contributed by atoms with Crippen molar-refractivity contribution in [2.75, 3.05) is 11.9 Å². The van der Waals surface area contributed by atoms with Crippen LogP contribution in [0.2, 0.25) is 0 Å². The van der Waals surface area contributed by atoms with Crippen molar-refractivity contribution >= 4 is 33.1 Å². The van der Waals surface area contributed by atoms with Crippen molar-refractivity contribution in [1.29, 1.82) is 5.26 Å². The summed E-state index contributed by atoms with van der Waals surface area (Å²) >= 11 is 3.49. The fraction of sp³-hybridized carbons (Fsp3) is 0.125. The van der Waals surface area contributed by atoms with E-state index < -0.39 is 0 Å². The Balaban J connectivity index is 2.40. The maximum Gasteiger partial charge on any atom is 0.159 e. The Kier molecular flexibility index (Phi) is 4.21. The minimum Gasteiger partial charge on any atom is -0.344 e. The zero-order valence-electron chi connectivity index (χ0n) is 11.2. The average molecular weight is 329 g/mol. The van der Waals surface area contributed by atoms with Gasteiger partial charge in [-0.2, -0.15) is 5.26 Å². The quantitative estimate of drug-likeness (QED) is 0.789. The third-order valence-electron chi connectivity index (χ3n) is 3.08. The van der Waals surface area contributed by atoms with Gasteiger partial charge in [0.15, 0.2) is 5.78 Å². The van der Waals surface area contributed by atoms with Gasteiger partial charge in [-0.05, 0) is 59.3 Å². The molecule has 4 heteroatoms. The molecular formula is C16H13BrN2O. The Hall–Kier alpha value is -2.12. The second-order valence-electron chi connectivity index (χ2n) is 4.44. The van der Waals surface area contributed by atoms with Gasteiger partial charge in [0, 0.05) is 22.8 Å². The molecule has 0 amide bonds. The van der Waals surface area contributed by atoms with E-state index >= 15 is 0 Å². The molecule has 0 saturated heterocycles. The summed E-state index contributed by atoms with van der Waals surface area (Å²) in [4.78, 5) is 13.3. The molecule has 3 nitrogen and oxygen atoms in total. The highest BCUT2D eigenvalue weighted by Crippen LogP contribution is 2.32. The van der Waals surface area contributed by atoms with E-state index in [9.17, 15) is 4.79 Å². The van der Waals surface area contributed by atoms with Gasteiger partial charge in [-0.15, -0.1) is 0 Å². The summed E-state index contributed by atoms with van der Waals surface area (Å²) in [5.41, 5.74) is 3.14. The van der Waals surface area contributed by atoms with E-state index in [1.165, 1.54) is 0 Å². The first-order valence-electron chi connectivity index (χ1n) is 6.07. The van der Waals surface area contributed by atoms with Crippen LogP contribution in [0.3, 0.4) is 0 Å². The van der Waals surface area contributed by atoms with Crippen molar-refractivity contribution in [3.05, 3.63) is 58.1 Å². The van der Waals surface area contributed by atoms with Gasteiger partial charge >= 0.3 is 0 Å². The van der Waals surface area contributed by atoms with Gasteiger partial charge in [-0.3, -0.25) is 4.79 Å². The molecule has 0 heterocycles. The predicted molar refractivity (Wildman–Crippen MR) is 83.4 cm³/mol. The van der Waals surface area contributed by atoms with Crippen LogP contribution in [0.1, 0.15) is 22.8 Å². The zero-order chi connectivity index (χ0) is 14.7. The minimum atomic E-state index is 0.0337. The molecule has 0 atom stereocenters. The van der Waals surface area contributed by atoms with Crippen molar-refractivity contribution < 1.29 is 4.79 Å². The lowest BCUT2D eigenvalue weighted by atomic mass is 10.1. The largest absolute Gasteiger partial charge is 0.344 e. The van der Waals surface area contributed by atoms with Crippen LogP contribution in [0.5, 0.6) is 0 Å². The van der Waals surface area contributed by atoms with E-state index in [0.29, 0.717) is 11.1 Å². The number of nitriles is 1. The Morgan fingerprint density at radius 2 is 2.00 bits per heavy atom. The lowest BCUT2D eigenvalue weighted by molar-refractivity contribution is 0.101. The molecule has 2 rings (SSSR count). The van der Waals surface area contributed by atoms with Crippen LogP contribution in [0.4, 0.5) is 11.4 Å². The van der Waals surface area contributed by atoms with Gasteiger partial charge in [0.1, 0.15) is 0 Å². The van der Waals surface area contributed by atoms with Gasteiger partial charge in [0.2, 0.25) is 0 Å². The number of Topliss-reactive ketones (excluding diaryl/α,β-unsaturated/α-hetero) is 1. The van der Waals surface area contributed by atoms with Crippen LogP contribution in [0, 0.1) is 11.3 Å². The standard InChI is InChI=1S/C16H13BrN2O/c1-11(20)13-6-7-16(15(17)9-13)19(2)14-5-3-4-12(8-14)10-18/h3-9H,1-2H3. The Labute approximate surface area is 126 Å².